The Morgan fingerprint density at radius 2 is 1.89 bits per heavy atom. The molecule has 1 saturated heterocycles. The minimum absolute atomic E-state index is 0.130. The average Bonchev–Trinajstić information content (AvgIpc) is 3.45. The normalized spacial score (nSPS) is 18.1. The summed E-state index contributed by atoms with van der Waals surface area (Å²) in [5.41, 5.74) is 5.25. The number of nitrogens with one attached hydrogen (secondary N) is 2. The van der Waals surface area contributed by atoms with Crippen LogP contribution in [0.1, 0.15) is 46.2 Å². The van der Waals surface area contributed by atoms with E-state index in [4.69, 9.17) is 19.2 Å². The summed E-state index contributed by atoms with van der Waals surface area (Å²) in [5, 5.41) is 6.19. The number of hydrogen-bond donors (Lipinski definition) is 2. The maximum Gasteiger partial charge on any atom is 0.258 e. The van der Waals surface area contributed by atoms with Crippen LogP contribution in [0.3, 0.4) is 0 Å². The molecule has 7 rings (SSSR count). The smallest absolute Gasteiger partial charge is 0.258 e. The topological polar surface area (TPSA) is 115 Å². The van der Waals surface area contributed by atoms with Crippen molar-refractivity contribution >= 4 is 17.6 Å². The number of methoxy groups -OCH3 is 1. The number of fused-ring (bicyclic) bond motifs is 7. The Bertz CT molecular complexity index is 1760. The third-order valence-electron chi connectivity index (χ3n) is 8.37. The summed E-state index contributed by atoms with van der Waals surface area (Å²) in [6.45, 7) is 7.20. The molecule has 4 aromatic rings. The molecule has 4 heterocycles. The molecule has 6 bridgehead atoms. The maximum absolute atomic E-state index is 13.9. The average molecular weight is 622 g/mol. The molecule has 3 aliphatic rings. The van der Waals surface area contributed by atoms with Gasteiger partial charge in [0.1, 0.15) is 23.5 Å². The Hall–Kier alpha value is -5.12. The van der Waals surface area contributed by atoms with Gasteiger partial charge in [-0.25, -0.2) is 9.97 Å². The van der Waals surface area contributed by atoms with E-state index in [1.807, 2.05) is 80.7 Å². The quantitative estimate of drug-likeness (QED) is 0.334. The van der Waals surface area contributed by atoms with Gasteiger partial charge in [-0.1, -0.05) is 37.6 Å². The number of ether oxygens (including phenoxy) is 3. The summed E-state index contributed by atoms with van der Waals surface area (Å²) in [6.07, 6.45) is 3.30. The fourth-order valence-electron chi connectivity index (χ4n) is 5.97. The van der Waals surface area contributed by atoms with E-state index in [2.05, 4.69) is 27.4 Å². The predicted molar refractivity (Wildman–Crippen MR) is 176 cm³/mol. The second kappa shape index (κ2) is 13.5. The van der Waals surface area contributed by atoms with Gasteiger partial charge >= 0.3 is 0 Å². The Kier molecular flexibility index (Phi) is 9.05. The van der Waals surface area contributed by atoms with Crippen LogP contribution >= 0.6 is 0 Å². The third kappa shape index (κ3) is 6.75. The van der Waals surface area contributed by atoms with Crippen molar-refractivity contribution in [3.8, 4) is 28.4 Å². The molecule has 1 fully saturated rings. The molecule has 0 unspecified atom stereocenters. The second-order valence-electron chi connectivity index (χ2n) is 11.8. The molecule has 10 nitrogen and oxygen atoms in total. The number of nitrogens with zero attached hydrogens (tertiary/aromatic N) is 3. The van der Waals surface area contributed by atoms with Crippen LogP contribution in [-0.4, -0.2) is 60.7 Å². The van der Waals surface area contributed by atoms with Gasteiger partial charge in [0.2, 0.25) is 0 Å². The zero-order valence-corrected chi connectivity index (χ0v) is 26.6. The van der Waals surface area contributed by atoms with Crippen LogP contribution in [-0.2, 0) is 17.8 Å². The molecule has 0 aliphatic carbocycles. The van der Waals surface area contributed by atoms with Crippen LogP contribution < -0.4 is 29.7 Å². The number of hydrogen-bond acceptors (Lipinski definition) is 8. The number of carbonyl (C=O) groups is 2. The highest BCUT2D eigenvalue weighted by atomic mass is 16.5. The third-order valence-corrected chi connectivity index (χ3v) is 8.37. The summed E-state index contributed by atoms with van der Waals surface area (Å²) >= 11 is 0. The van der Waals surface area contributed by atoms with Gasteiger partial charge in [-0.05, 0) is 78.9 Å². The van der Waals surface area contributed by atoms with Gasteiger partial charge in [-0.15, -0.1) is 0 Å². The van der Waals surface area contributed by atoms with Gasteiger partial charge in [-0.2, -0.15) is 0 Å². The molecule has 0 radical (unpaired) electrons. The lowest BCUT2D eigenvalue weighted by Crippen LogP contribution is -2.45. The minimum atomic E-state index is -0.405. The number of aromatic nitrogens is 2. The van der Waals surface area contributed by atoms with Crippen LogP contribution in [0, 0.1) is 13.8 Å². The van der Waals surface area contributed by atoms with Gasteiger partial charge < -0.3 is 29.7 Å². The van der Waals surface area contributed by atoms with Crippen molar-refractivity contribution in [1.82, 2.24) is 20.6 Å². The Balaban J connectivity index is 1.39. The van der Waals surface area contributed by atoms with Crippen molar-refractivity contribution in [1.29, 1.82) is 0 Å². The van der Waals surface area contributed by atoms with Crippen LogP contribution in [0.25, 0.3) is 11.1 Å². The summed E-state index contributed by atoms with van der Waals surface area (Å²) in [4.78, 5) is 38.0. The Morgan fingerprint density at radius 3 is 2.72 bits per heavy atom. The maximum atomic E-state index is 13.9. The number of carbonyl (C=O) groups excluding carboxylic acids is 2. The fraction of sp³-hybridized carbons (Fsp3) is 0.333. The minimum Gasteiger partial charge on any atom is -0.493 e. The highest BCUT2D eigenvalue weighted by Gasteiger charge is 2.38. The van der Waals surface area contributed by atoms with Crippen LogP contribution in [0.5, 0.6) is 17.2 Å². The first-order valence-corrected chi connectivity index (χ1v) is 15.6. The van der Waals surface area contributed by atoms with Gasteiger partial charge in [-0.3, -0.25) is 9.59 Å². The van der Waals surface area contributed by atoms with Crippen molar-refractivity contribution in [3.63, 3.8) is 0 Å². The van der Waals surface area contributed by atoms with Crippen molar-refractivity contribution in [3.05, 3.63) is 94.9 Å². The molecule has 238 valence electrons. The molecule has 3 aromatic carbocycles. The molecule has 3 aliphatic heterocycles. The molecular weight excluding hydrogens is 582 g/mol. The fourth-order valence-corrected chi connectivity index (χ4v) is 5.97. The van der Waals surface area contributed by atoms with Crippen molar-refractivity contribution < 1.29 is 23.8 Å². The van der Waals surface area contributed by atoms with Crippen molar-refractivity contribution in [2.24, 2.45) is 0 Å². The molecular formula is C36H39N5O5. The Morgan fingerprint density at radius 1 is 1.02 bits per heavy atom. The van der Waals surface area contributed by atoms with Crippen LogP contribution in [0.2, 0.25) is 0 Å². The summed E-state index contributed by atoms with van der Waals surface area (Å²) < 4.78 is 18.1. The van der Waals surface area contributed by atoms with E-state index in [9.17, 15) is 9.59 Å². The molecule has 1 aromatic heterocycles. The van der Waals surface area contributed by atoms with E-state index >= 15 is 0 Å². The lowest BCUT2D eigenvalue weighted by atomic mass is 9.97. The Labute approximate surface area is 269 Å². The first-order valence-electron chi connectivity index (χ1n) is 15.6. The molecule has 2 N–H and O–H groups in total. The molecule has 2 amide bonds. The van der Waals surface area contributed by atoms with Gasteiger partial charge in [0.15, 0.2) is 18.1 Å². The van der Waals surface area contributed by atoms with Crippen molar-refractivity contribution in [2.75, 3.05) is 31.7 Å². The summed E-state index contributed by atoms with van der Waals surface area (Å²) in [6, 6.07) is 18.4. The number of amides is 2. The highest BCUT2D eigenvalue weighted by Crippen LogP contribution is 2.33. The predicted octanol–water partition coefficient (Wildman–Crippen LogP) is 4.80. The van der Waals surface area contributed by atoms with E-state index in [0.717, 1.165) is 46.5 Å². The summed E-state index contributed by atoms with van der Waals surface area (Å²) in [7, 11) is 1.58. The van der Waals surface area contributed by atoms with Gasteiger partial charge in [0, 0.05) is 30.4 Å². The van der Waals surface area contributed by atoms with E-state index in [-0.39, 0.29) is 24.5 Å². The first kappa shape index (κ1) is 30.9. The molecule has 0 spiro atoms. The lowest BCUT2D eigenvalue weighted by molar-refractivity contribution is -0.123. The monoisotopic (exact) mass is 621 g/mol. The molecule has 10 heteroatoms. The molecule has 46 heavy (non-hydrogen) atoms. The number of aryl methyl sites for hydroxylation is 3. The van der Waals surface area contributed by atoms with Crippen molar-refractivity contribution in [2.45, 2.75) is 52.3 Å². The number of rotatable bonds is 4. The summed E-state index contributed by atoms with van der Waals surface area (Å²) in [5.74, 6) is 2.75. The second-order valence-corrected chi connectivity index (χ2v) is 11.8. The SMILES string of the molecule is CCCc1cnc(C)nc1N1C[C@@H]2NC(=O)c3ccc(C)c(c3)-c3cccc(c3)OCC(=O)NCc3ccc(c(OC)c3)O[C@H]2C1. The van der Waals surface area contributed by atoms with Gasteiger partial charge in [0.05, 0.1) is 19.7 Å². The van der Waals surface area contributed by atoms with E-state index in [0.29, 0.717) is 48.3 Å². The molecule has 0 saturated carbocycles. The van der Waals surface area contributed by atoms with Crippen LogP contribution in [0.4, 0.5) is 5.82 Å². The molecule has 2 atom stereocenters. The van der Waals surface area contributed by atoms with Gasteiger partial charge in [0.25, 0.3) is 11.8 Å². The largest absolute Gasteiger partial charge is 0.493 e. The van der Waals surface area contributed by atoms with Crippen LogP contribution in [0.15, 0.2) is 66.9 Å². The zero-order chi connectivity index (χ0) is 32.2. The number of benzene rings is 3. The van der Waals surface area contributed by atoms with E-state index in [1.165, 1.54) is 0 Å². The lowest BCUT2D eigenvalue weighted by Gasteiger charge is -2.23. The number of anilines is 1. The first-order chi connectivity index (χ1) is 22.3. The standard InChI is InChI=1S/C36H39N5O5/c1-5-7-27-18-37-23(3)39-35(27)41-19-30-33(20-41)46-31-13-11-24(14-32(31)44-4)17-38-34(42)21-45-28-9-6-8-25(15-28)29-16-26(36(43)40-30)12-10-22(29)2/h6,8-16,18,30,33H,5,7,17,19-21H2,1-4H3,(H,38,42)(H,40,43)/t30-,33-/m0/s1. The van der Waals surface area contributed by atoms with E-state index < -0.39 is 6.10 Å². The zero-order valence-electron chi connectivity index (χ0n) is 26.6. The highest BCUT2D eigenvalue weighted by molar-refractivity contribution is 5.96. The van der Waals surface area contributed by atoms with E-state index in [1.54, 1.807) is 7.11 Å².